The number of allylic oxidation sites excluding steroid dienone is 8. The first kappa shape index (κ1) is 12.5. The average Bonchev–Trinajstić information content (AvgIpc) is 2.76. The number of hydrogen-bond donors (Lipinski definition) is 0. The van der Waals surface area contributed by atoms with Crippen LogP contribution >= 0.6 is 0 Å². The van der Waals surface area contributed by atoms with Crippen LogP contribution in [-0.4, -0.2) is 6.88 Å². The van der Waals surface area contributed by atoms with Gasteiger partial charge < -0.3 is 0 Å². The molecule has 0 aromatic rings. The Balaban J connectivity index is 2.77. The first-order chi connectivity index (χ1) is 6.96. The van der Waals surface area contributed by atoms with Gasteiger partial charge in [0.1, 0.15) is 0 Å². The Morgan fingerprint density at radius 1 is 0.875 bits per heavy atom. The van der Waals surface area contributed by atoms with E-state index in [0.717, 1.165) is 12.8 Å². The predicted octanol–water partition coefficient (Wildman–Crippen LogP) is 4.18. The van der Waals surface area contributed by atoms with E-state index in [-0.39, 0.29) is 0 Å². The van der Waals surface area contributed by atoms with Crippen LogP contribution in [0, 0.1) is 0 Å². The molecular weight excluding hydrogens is 287 g/mol. The first-order valence-corrected chi connectivity index (χ1v) is 24.5. The third-order valence-corrected chi connectivity index (χ3v) is 28.5. The molecule has 0 bridgehead atoms. The van der Waals surface area contributed by atoms with Gasteiger partial charge in [-0.05, 0) is 0 Å². The summed E-state index contributed by atoms with van der Waals surface area (Å²) in [6.45, 7) is 2.32. The van der Waals surface area contributed by atoms with Gasteiger partial charge in [0.2, 0.25) is 0 Å². The van der Waals surface area contributed by atoms with Crippen LogP contribution in [0.5, 0.6) is 0 Å². The van der Waals surface area contributed by atoms with Crippen molar-refractivity contribution in [3.8, 4) is 0 Å². The van der Waals surface area contributed by atoms with Crippen LogP contribution in [-0.2, 0) is 14.4 Å². The second kappa shape index (κ2) is 2.42. The van der Waals surface area contributed by atoms with Crippen molar-refractivity contribution in [1.29, 1.82) is 0 Å². The molecular formula is C14H24SiZr. The van der Waals surface area contributed by atoms with E-state index in [1.165, 1.54) is 0 Å². The van der Waals surface area contributed by atoms with Crippen LogP contribution in [0.15, 0.2) is 43.0 Å². The van der Waals surface area contributed by atoms with Crippen molar-refractivity contribution in [2.75, 3.05) is 0 Å². The standard InChI is InChI=1S/2C5H5.4CH3.H2Si.Zr/c2*1-2-4-5-3-1;;;;;;/h2*1-3H,4H2;4*1H3;1H2;. The van der Waals surface area contributed by atoms with Crippen molar-refractivity contribution in [2.45, 2.75) is 31.4 Å². The summed E-state index contributed by atoms with van der Waals surface area (Å²) in [5, 5.41) is 0. The van der Waals surface area contributed by atoms with Crippen LogP contribution in [0.3, 0.4) is 0 Å². The molecule has 0 N–H and O–H groups in total. The third kappa shape index (κ3) is 1.66. The fourth-order valence-electron chi connectivity index (χ4n) is 3.03. The van der Waals surface area contributed by atoms with E-state index in [1.54, 1.807) is 6.56 Å². The normalized spacial score (nSPS) is 26.6. The third-order valence-electron chi connectivity index (χ3n) is 4.89. The molecule has 0 fully saturated rings. The zero-order chi connectivity index (χ0) is 12.2. The molecule has 0 amide bonds. The molecule has 0 heterocycles. The van der Waals surface area contributed by atoms with E-state index in [1.807, 2.05) is 0 Å². The first-order valence-electron chi connectivity index (χ1n) is 6.29. The van der Waals surface area contributed by atoms with Crippen molar-refractivity contribution < 1.29 is 14.4 Å². The van der Waals surface area contributed by atoms with Crippen LogP contribution < -0.4 is 0 Å². The SMILES string of the molecule is [CH3][Zr]([CH3])([CH3])([CH3])(=[SiH2])([C]1=CC=CC1)[C]1=CC=CC1. The molecule has 0 aromatic heterocycles. The topological polar surface area (TPSA) is 0 Å². The molecule has 0 saturated carbocycles. The minimum absolute atomic E-state index is 1.16. The minimum atomic E-state index is -3.78. The molecule has 2 aliphatic carbocycles. The van der Waals surface area contributed by atoms with Gasteiger partial charge in [0.15, 0.2) is 0 Å². The predicted molar refractivity (Wildman–Crippen MR) is 75.7 cm³/mol. The van der Waals surface area contributed by atoms with Crippen molar-refractivity contribution in [2.24, 2.45) is 0 Å². The van der Waals surface area contributed by atoms with E-state index in [2.05, 4.69) is 61.9 Å². The molecule has 0 saturated heterocycles. The Bertz CT molecular complexity index is 542. The summed E-state index contributed by atoms with van der Waals surface area (Å²) in [5.74, 6) is 0. The van der Waals surface area contributed by atoms with Crippen molar-refractivity contribution in [1.82, 2.24) is 0 Å². The molecule has 0 radical (unpaired) electrons. The molecule has 0 atom stereocenters. The zero-order valence-electron chi connectivity index (χ0n) is 11.1. The maximum atomic E-state index is 2.59. The summed E-state index contributed by atoms with van der Waals surface area (Å²) < 4.78 is 13.8. The summed E-state index contributed by atoms with van der Waals surface area (Å²) in [4.78, 5) is 0. The molecule has 2 aliphatic rings. The molecule has 0 nitrogen and oxygen atoms in total. The van der Waals surface area contributed by atoms with E-state index in [4.69, 9.17) is 0 Å². The van der Waals surface area contributed by atoms with Gasteiger partial charge in [0.05, 0.1) is 0 Å². The fraction of sp³-hybridized carbons (Fsp3) is 0.429. The van der Waals surface area contributed by atoms with E-state index in [9.17, 15) is 0 Å². The van der Waals surface area contributed by atoms with E-state index in [0.29, 0.717) is 0 Å². The van der Waals surface area contributed by atoms with Crippen molar-refractivity contribution in [3.63, 3.8) is 0 Å². The Hall–Kier alpha value is 0.0600. The Morgan fingerprint density at radius 2 is 1.25 bits per heavy atom. The average molecular weight is 312 g/mol. The summed E-state index contributed by atoms with van der Waals surface area (Å²) in [5.41, 5.74) is 0. The van der Waals surface area contributed by atoms with Crippen molar-refractivity contribution in [3.05, 3.63) is 43.0 Å². The van der Waals surface area contributed by atoms with Crippen LogP contribution in [0.1, 0.15) is 12.8 Å². The molecule has 2 heteroatoms. The zero-order valence-corrected chi connectivity index (χ0v) is 15.0. The molecule has 0 aliphatic heterocycles. The molecule has 2 rings (SSSR count). The molecule has 0 unspecified atom stereocenters. The monoisotopic (exact) mass is 310 g/mol. The molecule has 0 aromatic carbocycles. The number of rotatable bonds is 2. The Labute approximate surface area is 95.1 Å². The van der Waals surface area contributed by atoms with Gasteiger partial charge in [0.25, 0.3) is 0 Å². The second-order valence-corrected chi connectivity index (χ2v) is 67.5. The summed E-state index contributed by atoms with van der Waals surface area (Å²) in [6, 6.07) is 0. The van der Waals surface area contributed by atoms with Gasteiger partial charge >= 0.3 is 95.7 Å². The fourth-order valence-corrected chi connectivity index (χ4v) is 17.7. The molecule has 88 valence electrons. The van der Waals surface area contributed by atoms with Gasteiger partial charge in [-0.15, -0.1) is 0 Å². The van der Waals surface area contributed by atoms with Gasteiger partial charge in [-0.1, -0.05) is 0 Å². The molecule has 0 spiro atoms. The van der Waals surface area contributed by atoms with Gasteiger partial charge in [-0.25, -0.2) is 0 Å². The van der Waals surface area contributed by atoms with E-state index >= 15 is 0 Å². The summed E-state index contributed by atoms with van der Waals surface area (Å²) in [7, 11) is 0. The quantitative estimate of drug-likeness (QED) is 0.671. The summed E-state index contributed by atoms with van der Waals surface area (Å²) >= 11 is -3.78. The second-order valence-electron chi connectivity index (χ2n) is 9.54. The number of hydrogen-bond acceptors (Lipinski definition) is 0. The van der Waals surface area contributed by atoms with Crippen LogP contribution in [0.25, 0.3) is 0 Å². The van der Waals surface area contributed by atoms with E-state index < -0.39 is 14.4 Å². The van der Waals surface area contributed by atoms with Crippen LogP contribution in [0.2, 0.25) is 18.5 Å². The molecule has 16 heavy (non-hydrogen) atoms. The maximum absolute atomic E-state index is 3.78. The van der Waals surface area contributed by atoms with Gasteiger partial charge in [0, 0.05) is 0 Å². The van der Waals surface area contributed by atoms with Gasteiger partial charge in [-0.2, -0.15) is 0 Å². The Kier molecular flexibility index (Phi) is 1.89. The Morgan fingerprint density at radius 3 is 1.50 bits per heavy atom. The van der Waals surface area contributed by atoms with Crippen LogP contribution in [0.4, 0.5) is 0 Å². The van der Waals surface area contributed by atoms with Crippen molar-refractivity contribution >= 4 is 6.88 Å². The van der Waals surface area contributed by atoms with Gasteiger partial charge in [-0.3, -0.25) is 0 Å². The summed E-state index contributed by atoms with van der Waals surface area (Å²) in [6.07, 6.45) is 16.2.